The number of nitro groups is 1. The zero-order chi connectivity index (χ0) is 19.3. The Labute approximate surface area is 151 Å². The van der Waals surface area contributed by atoms with Crippen LogP contribution in [0.5, 0.6) is 5.75 Å². The van der Waals surface area contributed by atoms with Crippen molar-refractivity contribution in [1.82, 2.24) is 9.21 Å². The molecule has 144 valence electrons. The summed E-state index contributed by atoms with van der Waals surface area (Å²) in [6.07, 6.45) is 0.931. The van der Waals surface area contributed by atoms with Crippen LogP contribution in [-0.4, -0.2) is 68.3 Å². The first-order valence-electron chi connectivity index (χ1n) is 8.11. The van der Waals surface area contributed by atoms with E-state index < -0.39 is 20.6 Å². The van der Waals surface area contributed by atoms with Crippen LogP contribution in [0.1, 0.15) is 12.8 Å². The average molecular weight is 386 g/mol. The largest absolute Gasteiger partial charge is 0.490 e. The number of carbonyl (C=O) groups excluding carboxylic acids is 1. The number of benzene rings is 1. The quantitative estimate of drug-likeness (QED) is 0.521. The predicted octanol–water partition coefficient (Wildman–Crippen LogP) is 0.175. The maximum Gasteiger partial charge on any atom is 0.312 e. The van der Waals surface area contributed by atoms with Crippen molar-refractivity contribution in [2.75, 3.05) is 39.8 Å². The first kappa shape index (κ1) is 20.1. The number of rotatable bonds is 7. The lowest BCUT2D eigenvalue weighted by atomic mass is 10.2. The van der Waals surface area contributed by atoms with E-state index in [2.05, 4.69) is 0 Å². The van der Waals surface area contributed by atoms with Crippen LogP contribution in [0.2, 0.25) is 0 Å². The van der Waals surface area contributed by atoms with Gasteiger partial charge in [0.2, 0.25) is 15.9 Å². The number of nitrogens with zero attached hydrogens (tertiary/aromatic N) is 3. The number of hydrogen-bond donors (Lipinski definition) is 1. The van der Waals surface area contributed by atoms with E-state index in [9.17, 15) is 23.3 Å². The number of hydrogen-bond acceptors (Lipinski definition) is 7. The number of nitro benzene ring substituents is 1. The Morgan fingerprint density at radius 3 is 2.50 bits per heavy atom. The molecular weight excluding hydrogens is 364 g/mol. The van der Waals surface area contributed by atoms with Crippen molar-refractivity contribution in [2.24, 2.45) is 5.73 Å². The van der Waals surface area contributed by atoms with Crippen molar-refractivity contribution in [3.63, 3.8) is 0 Å². The van der Waals surface area contributed by atoms with Crippen molar-refractivity contribution in [2.45, 2.75) is 17.7 Å². The van der Waals surface area contributed by atoms with Gasteiger partial charge in [0.1, 0.15) is 0 Å². The summed E-state index contributed by atoms with van der Waals surface area (Å²) in [5.41, 5.74) is 4.98. The number of amides is 1. The molecule has 1 saturated heterocycles. The second-order valence-electron chi connectivity index (χ2n) is 5.77. The molecule has 11 heteroatoms. The molecule has 0 aliphatic carbocycles. The molecule has 1 amide bonds. The van der Waals surface area contributed by atoms with Gasteiger partial charge in [0.15, 0.2) is 5.75 Å². The Morgan fingerprint density at radius 1 is 1.31 bits per heavy atom. The SMILES string of the molecule is COc1ccc(S(=O)(=O)N2CCN(C(=O)CCCN)CC2)cc1[N+](=O)[O-]. The zero-order valence-electron chi connectivity index (χ0n) is 14.5. The van der Waals surface area contributed by atoms with Crippen molar-refractivity contribution in [1.29, 1.82) is 0 Å². The fourth-order valence-corrected chi connectivity index (χ4v) is 4.15. The fraction of sp³-hybridized carbons (Fsp3) is 0.533. The number of ether oxygens (including phenoxy) is 1. The van der Waals surface area contributed by atoms with Crippen LogP contribution >= 0.6 is 0 Å². The first-order valence-corrected chi connectivity index (χ1v) is 9.55. The molecule has 1 heterocycles. The summed E-state index contributed by atoms with van der Waals surface area (Å²) in [7, 11) is -2.62. The first-order chi connectivity index (χ1) is 12.3. The molecule has 1 aromatic carbocycles. The van der Waals surface area contributed by atoms with Gasteiger partial charge >= 0.3 is 5.69 Å². The molecule has 2 N–H and O–H groups in total. The molecule has 0 bridgehead atoms. The molecule has 1 aromatic rings. The highest BCUT2D eigenvalue weighted by Crippen LogP contribution is 2.30. The third-order valence-electron chi connectivity index (χ3n) is 4.17. The van der Waals surface area contributed by atoms with Crippen molar-refractivity contribution < 1.29 is 22.9 Å². The highest BCUT2D eigenvalue weighted by atomic mass is 32.2. The number of piperazine rings is 1. The van der Waals surface area contributed by atoms with Gasteiger partial charge in [0.05, 0.1) is 16.9 Å². The number of nitrogens with two attached hydrogens (primary N) is 1. The van der Waals surface area contributed by atoms with Gasteiger partial charge in [-0.1, -0.05) is 0 Å². The maximum absolute atomic E-state index is 12.8. The fourth-order valence-electron chi connectivity index (χ4n) is 2.71. The van der Waals surface area contributed by atoms with Gasteiger partial charge in [-0.05, 0) is 25.1 Å². The summed E-state index contributed by atoms with van der Waals surface area (Å²) in [4.78, 5) is 23.8. The minimum Gasteiger partial charge on any atom is -0.490 e. The lowest BCUT2D eigenvalue weighted by molar-refractivity contribution is -0.386. The Hall–Kier alpha value is -2.24. The third-order valence-corrected chi connectivity index (χ3v) is 6.07. The average Bonchev–Trinajstić information content (AvgIpc) is 2.65. The molecule has 10 nitrogen and oxygen atoms in total. The molecule has 0 spiro atoms. The van der Waals surface area contributed by atoms with Crippen LogP contribution in [0.25, 0.3) is 0 Å². The Kier molecular flexibility index (Phi) is 6.51. The number of sulfonamides is 1. The van der Waals surface area contributed by atoms with Crippen molar-refractivity contribution >= 4 is 21.6 Å². The summed E-state index contributed by atoms with van der Waals surface area (Å²) < 4.78 is 31.6. The summed E-state index contributed by atoms with van der Waals surface area (Å²) in [6.45, 7) is 1.26. The van der Waals surface area contributed by atoms with E-state index >= 15 is 0 Å². The molecule has 0 radical (unpaired) electrons. The maximum atomic E-state index is 12.8. The minimum atomic E-state index is -3.89. The standard InChI is InChI=1S/C15H22N4O6S/c1-25-14-5-4-12(11-13(14)19(21)22)26(23,24)18-9-7-17(8-10-18)15(20)3-2-6-16/h4-5,11H,2-3,6-10,16H2,1H3. The highest BCUT2D eigenvalue weighted by Gasteiger charge is 2.31. The van der Waals surface area contributed by atoms with Crippen molar-refractivity contribution in [3.05, 3.63) is 28.3 Å². The molecule has 2 rings (SSSR count). The van der Waals surface area contributed by atoms with Crippen LogP contribution in [0.15, 0.2) is 23.1 Å². The van der Waals surface area contributed by atoms with Gasteiger partial charge in [0, 0.05) is 38.7 Å². The van der Waals surface area contributed by atoms with Crippen molar-refractivity contribution in [3.8, 4) is 5.75 Å². The third kappa shape index (κ3) is 4.29. The minimum absolute atomic E-state index is 0.00994. The summed E-state index contributed by atoms with van der Waals surface area (Å²) >= 11 is 0. The van der Waals surface area contributed by atoms with Crippen LogP contribution in [0.4, 0.5) is 5.69 Å². The van der Waals surface area contributed by atoms with Crippen LogP contribution in [0, 0.1) is 10.1 Å². The second-order valence-corrected chi connectivity index (χ2v) is 7.71. The van der Waals surface area contributed by atoms with E-state index in [0.717, 1.165) is 6.07 Å². The number of methoxy groups -OCH3 is 1. The van der Waals surface area contributed by atoms with Crippen LogP contribution in [0.3, 0.4) is 0 Å². The normalized spacial score (nSPS) is 15.7. The summed E-state index contributed by atoms with van der Waals surface area (Å²) in [5.74, 6) is -0.0585. The Morgan fingerprint density at radius 2 is 1.96 bits per heavy atom. The van der Waals surface area contributed by atoms with Gasteiger partial charge in [-0.15, -0.1) is 0 Å². The van der Waals surface area contributed by atoms with Crippen LogP contribution < -0.4 is 10.5 Å². The van der Waals surface area contributed by atoms with E-state index in [-0.39, 0.29) is 42.7 Å². The topological polar surface area (TPSA) is 136 Å². The van der Waals surface area contributed by atoms with E-state index in [1.165, 1.54) is 23.5 Å². The molecule has 0 saturated carbocycles. The Balaban J connectivity index is 2.13. The molecule has 0 atom stereocenters. The molecule has 1 fully saturated rings. The highest BCUT2D eigenvalue weighted by molar-refractivity contribution is 7.89. The Bertz CT molecular complexity index is 774. The summed E-state index contributed by atoms with van der Waals surface area (Å²) in [5, 5.41) is 11.1. The van der Waals surface area contributed by atoms with Gasteiger partial charge in [0.25, 0.3) is 0 Å². The molecule has 0 aromatic heterocycles. The predicted molar refractivity (Wildman–Crippen MR) is 93.3 cm³/mol. The van der Waals surface area contributed by atoms with E-state index in [0.29, 0.717) is 19.4 Å². The van der Waals surface area contributed by atoms with Gasteiger partial charge < -0.3 is 15.4 Å². The van der Waals surface area contributed by atoms with E-state index in [1.807, 2.05) is 0 Å². The summed E-state index contributed by atoms with van der Waals surface area (Å²) in [6, 6.07) is 3.53. The van der Waals surface area contributed by atoms with Crippen LogP contribution in [-0.2, 0) is 14.8 Å². The molecule has 1 aliphatic heterocycles. The lowest BCUT2D eigenvalue weighted by Crippen LogP contribution is -2.50. The zero-order valence-corrected chi connectivity index (χ0v) is 15.3. The lowest BCUT2D eigenvalue weighted by Gasteiger charge is -2.34. The van der Waals surface area contributed by atoms with Gasteiger partial charge in [-0.2, -0.15) is 4.31 Å². The van der Waals surface area contributed by atoms with E-state index in [4.69, 9.17) is 10.5 Å². The second kappa shape index (κ2) is 8.43. The van der Waals surface area contributed by atoms with Gasteiger partial charge in [-0.25, -0.2) is 8.42 Å². The molecular formula is C15H22N4O6S. The monoisotopic (exact) mass is 386 g/mol. The van der Waals surface area contributed by atoms with Gasteiger partial charge in [-0.3, -0.25) is 14.9 Å². The smallest absolute Gasteiger partial charge is 0.312 e. The molecule has 0 unspecified atom stereocenters. The molecule has 1 aliphatic rings. The molecule has 26 heavy (non-hydrogen) atoms. The van der Waals surface area contributed by atoms with E-state index in [1.54, 1.807) is 4.90 Å². The number of carbonyl (C=O) groups is 1.